The van der Waals surface area contributed by atoms with E-state index in [0.717, 1.165) is 56.1 Å². The van der Waals surface area contributed by atoms with Gasteiger partial charge in [-0.2, -0.15) is 0 Å². The Labute approximate surface area is 174 Å². The van der Waals surface area contributed by atoms with E-state index in [0.29, 0.717) is 12.5 Å². The third-order valence-electron chi connectivity index (χ3n) is 5.88. The Bertz CT molecular complexity index is 786. The standard InChI is InChI=1S/C24H32N2O3/c1-4-26(17-19-8-6-5-7-9-19)24(27)20-12-14-25(15-13-20)18-21-16-22(28-2)10-11-23(21)29-3/h5-11,16,20H,4,12-15,17-18H2,1-3H3/p+1. The average molecular weight is 398 g/mol. The molecular weight excluding hydrogens is 364 g/mol. The maximum absolute atomic E-state index is 13.1. The molecule has 5 heteroatoms. The van der Waals surface area contributed by atoms with E-state index in [1.165, 1.54) is 10.5 Å². The van der Waals surface area contributed by atoms with Crippen molar-refractivity contribution >= 4 is 5.91 Å². The number of carbonyl (C=O) groups excluding carboxylic acids is 1. The number of rotatable bonds is 8. The molecule has 0 saturated carbocycles. The molecule has 1 aliphatic rings. The number of likely N-dealkylation sites (tertiary alicyclic amines) is 1. The van der Waals surface area contributed by atoms with E-state index in [-0.39, 0.29) is 5.92 Å². The van der Waals surface area contributed by atoms with Crippen molar-refractivity contribution in [2.24, 2.45) is 5.92 Å². The highest BCUT2D eigenvalue weighted by Crippen LogP contribution is 2.23. The normalized spacial score (nSPS) is 18.9. The molecule has 0 aromatic heterocycles. The van der Waals surface area contributed by atoms with Crippen LogP contribution in [-0.2, 0) is 17.9 Å². The zero-order valence-electron chi connectivity index (χ0n) is 17.8. The molecule has 0 spiro atoms. The molecule has 2 aromatic carbocycles. The molecule has 0 atom stereocenters. The molecule has 3 rings (SSSR count). The second-order valence-electron chi connectivity index (χ2n) is 7.72. The minimum absolute atomic E-state index is 0.134. The quantitative estimate of drug-likeness (QED) is 0.745. The number of ether oxygens (including phenoxy) is 2. The molecule has 1 heterocycles. The molecule has 1 aliphatic heterocycles. The van der Waals surface area contributed by atoms with E-state index < -0.39 is 0 Å². The molecule has 0 radical (unpaired) electrons. The van der Waals surface area contributed by atoms with E-state index in [2.05, 4.69) is 25.1 Å². The van der Waals surface area contributed by atoms with Crippen molar-refractivity contribution in [1.29, 1.82) is 0 Å². The average Bonchev–Trinajstić information content (AvgIpc) is 2.78. The summed E-state index contributed by atoms with van der Waals surface area (Å²) in [5.41, 5.74) is 2.35. The predicted octanol–water partition coefficient (Wildman–Crippen LogP) is 2.55. The number of nitrogens with zero attached hydrogens (tertiary/aromatic N) is 1. The van der Waals surface area contributed by atoms with Gasteiger partial charge in [-0.3, -0.25) is 4.79 Å². The highest BCUT2D eigenvalue weighted by Gasteiger charge is 2.30. The lowest BCUT2D eigenvalue weighted by Crippen LogP contribution is -3.11. The van der Waals surface area contributed by atoms with Gasteiger partial charge in [0.25, 0.3) is 0 Å². The van der Waals surface area contributed by atoms with Crippen LogP contribution in [0.2, 0.25) is 0 Å². The van der Waals surface area contributed by atoms with Gasteiger partial charge >= 0.3 is 0 Å². The van der Waals surface area contributed by atoms with Gasteiger partial charge < -0.3 is 19.3 Å². The molecule has 1 N–H and O–H groups in total. The number of piperidine rings is 1. The van der Waals surface area contributed by atoms with Crippen LogP contribution < -0.4 is 14.4 Å². The van der Waals surface area contributed by atoms with Gasteiger partial charge in [0.2, 0.25) is 5.91 Å². The van der Waals surface area contributed by atoms with Crippen molar-refractivity contribution in [2.45, 2.75) is 32.9 Å². The summed E-state index contributed by atoms with van der Waals surface area (Å²) in [5, 5.41) is 0. The Morgan fingerprint density at radius 1 is 1.07 bits per heavy atom. The Hall–Kier alpha value is -2.53. The van der Waals surface area contributed by atoms with Crippen molar-refractivity contribution in [1.82, 2.24) is 4.90 Å². The maximum Gasteiger partial charge on any atom is 0.226 e. The maximum atomic E-state index is 13.1. The number of amides is 1. The Morgan fingerprint density at radius 2 is 1.79 bits per heavy atom. The number of nitrogens with one attached hydrogen (secondary N) is 1. The zero-order valence-corrected chi connectivity index (χ0v) is 17.8. The van der Waals surface area contributed by atoms with Gasteiger partial charge in [0, 0.05) is 31.8 Å². The first-order valence-corrected chi connectivity index (χ1v) is 10.5. The molecule has 1 amide bonds. The molecule has 29 heavy (non-hydrogen) atoms. The van der Waals surface area contributed by atoms with Crippen molar-refractivity contribution in [3.8, 4) is 11.5 Å². The second-order valence-corrected chi connectivity index (χ2v) is 7.72. The summed E-state index contributed by atoms with van der Waals surface area (Å²) in [6.07, 6.45) is 1.87. The third kappa shape index (κ3) is 5.51. The highest BCUT2D eigenvalue weighted by molar-refractivity contribution is 5.78. The van der Waals surface area contributed by atoms with E-state index in [9.17, 15) is 4.79 Å². The zero-order chi connectivity index (χ0) is 20.6. The summed E-state index contributed by atoms with van der Waals surface area (Å²) in [6.45, 7) is 6.41. The van der Waals surface area contributed by atoms with E-state index in [1.54, 1.807) is 14.2 Å². The van der Waals surface area contributed by atoms with Gasteiger partial charge in [0.1, 0.15) is 18.0 Å². The summed E-state index contributed by atoms with van der Waals surface area (Å²) in [6, 6.07) is 16.2. The third-order valence-corrected chi connectivity index (χ3v) is 5.88. The van der Waals surface area contributed by atoms with Crippen molar-refractivity contribution in [2.75, 3.05) is 33.9 Å². The monoisotopic (exact) mass is 397 g/mol. The van der Waals surface area contributed by atoms with Crippen LogP contribution in [0.4, 0.5) is 0 Å². The molecule has 0 unspecified atom stereocenters. The SMILES string of the molecule is CCN(Cc1ccccc1)C(=O)C1CC[NH+](Cc2cc(OC)ccc2OC)CC1. The first-order valence-electron chi connectivity index (χ1n) is 10.5. The van der Waals surface area contributed by atoms with E-state index >= 15 is 0 Å². The number of benzene rings is 2. The summed E-state index contributed by atoms with van der Waals surface area (Å²) in [5.74, 6) is 2.19. The van der Waals surface area contributed by atoms with Gasteiger partial charge in [-0.15, -0.1) is 0 Å². The van der Waals surface area contributed by atoms with Crippen LogP contribution in [0.25, 0.3) is 0 Å². The van der Waals surface area contributed by atoms with Crippen molar-refractivity contribution < 1.29 is 19.2 Å². The molecule has 5 nitrogen and oxygen atoms in total. The van der Waals surface area contributed by atoms with Crippen molar-refractivity contribution in [3.05, 3.63) is 59.7 Å². The fourth-order valence-corrected chi connectivity index (χ4v) is 4.15. The predicted molar refractivity (Wildman–Crippen MR) is 114 cm³/mol. The summed E-state index contributed by atoms with van der Waals surface area (Å²) in [4.78, 5) is 16.6. The van der Waals surface area contributed by atoms with Gasteiger partial charge in [-0.05, 0) is 30.7 Å². The van der Waals surface area contributed by atoms with Crippen molar-refractivity contribution in [3.63, 3.8) is 0 Å². The summed E-state index contributed by atoms with van der Waals surface area (Å²) in [7, 11) is 3.39. The lowest BCUT2D eigenvalue weighted by molar-refractivity contribution is -0.919. The summed E-state index contributed by atoms with van der Waals surface area (Å²) < 4.78 is 10.9. The minimum Gasteiger partial charge on any atom is -0.497 e. The minimum atomic E-state index is 0.134. The van der Waals surface area contributed by atoms with Crippen LogP contribution >= 0.6 is 0 Å². The Morgan fingerprint density at radius 3 is 2.41 bits per heavy atom. The Kier molecular flexibility index (Phi) is 7.53. The molecule has 156 valence electrons. The van der Waals surface area contributed by atoms with Crippen LogP contribution in [0.1, 0.15) is 30.9 Å². The number of carbonyl (C=O) groups is 1. The van der Waals surface area contributed by atoms with Gasteiger partial charge in [0.15, 0.2) is 0 Å². The van der Waals surface area contributed by atoms with Gasteiger partial charge in [-0.1, -0.05) is 30.3 Å². The summed E-state index contributed by atoms with van der Waals surface area (Å²) >= 11 is 0. The molecular formula is C24H33N2O3+. The largest absolute Gasteiger partial charge is 0.497 e. The van der Waals surface area contributed by atoms with Gasteiger partial charge in [0.05, 0.1) is 32.9 Å². The van der Waals surface area contributed by atoms with Crippen LogP contribution in [0, 0.1) is 5.92 Å². The lowest BCUT2D eigenvalue weighted by Gasteiger charge is -2.32. The first kappa shape index (κ1) is 21.2. The molecule has 1 saturated heterocycles. The molecule has 0 bridgehead atoms. The van der Waals surface area contributed by atoms with Crippen LogP contribution in [0.15, 0.2) is 48.5 Å². The second kappa shape index (κ2) is 10.3. The number of hydrogen-bond acceptors (Lipinski definition) is 3. The topological polar surface area (TPSA) is 43.2 Å². The van der Waals surface area contributed by atoms with Gasteiger partial charge in [-0.25, -0.2) is 0 Å². The number of methoxy groups -OCH3 is 2. The van der Waals surface area contributed by atoms with Crippen LogP contribution in [0.3, 0.4) is 0 Å². The smallest absolute Gasteiger partial charge is 0.226 e. The lowest BCUT2D eigenvalue weighted by atomic mass is 9.94. The molecule has 2 aromatic rings. The highest BCUT2D eigenvalue weighted by atomic mass is 16.5. The fraction of sp³-hybridized carbons (Fsp3) is 0.458. The van der Waals surface area contributed by atoms with E-state index in [1.807, 2.05) is 35.2 Å². The number of hydrogen-bond donors (Lipinski definition) is 1. The number of quaternary nitrogens is 1. The Balaban J connectivity index is 1.56. The molecule has 1 fully saturated rings. The first-order chi connectivity index (χ1) is 14.1. The van der Waals surface area contributed by atoms with Crippen LogP contribution in [-0.4, -0.2) is 44.7 Å². The van der Waals surface area contributed by atoms with Crippen LogP contribution in [0.5, 0.6) is 11.5 Å². The molecule has 0 aliphatic carbocycles. The fourth-order valence-electron chi connectivity index (χ4n) is 4.15. The van der Waals surface area contributed by atoms with E-state index in [4.69, 9.17) is 9.47 Å².